The Morgan fingerprint density at radius 2 is 1.70 bits per heavy atom. The number of anilines is 1. The van der Waals surface area contributed by atoms with Crippen LogP contribution in [0.25, 0.3) is 11.3 Å². The minimum Gasteiger partial charge on any atom is -0.489 e. The fourth-order valence-electron chi connectivity index (χ4n) is 7.81. The summed E-state index contributed by atoms with van der Waals surface area (Å²) in [6, 6.07) is 13.9. The van der Waals surface area contributed by atoms with Crippen LogP contribution in [-0.2, 0) is 42.8 Å². The Hall–Kier alpha value is -4.81. The van der Waals surface area contributed by atoms with Gasteiger partial charge in [0.2, 0.25) is 17.8 Å². The van der Waals surface area contributed by atoms with Gasteiger partial charge in [0, 0.05) is 54.5 Å². The first-order valence-corrected chi connectivity index (χ1v) is 19.2. The second kappa shape index (κ2) is 15.3. The lowest BCUT2D eigenvalue weighted by Crippen LogP contribution is -2.46. The van der Waals surface area contributed by atoms with Crippen LogP contribution in [0.3, 0.4) is 0 Å². The molecule has 2 aromatic heterocycles. The SMILES string of the molecule is Cn1ncc(-c2nc(N[C@H]3CC[C@H](NCc4ccc(COc5cccc6c5CN([C@H]5CCCC(=O)NC5=O)C6=O)cc4)CC3)ncc2Cl)c1CC1CC1. The molecule has 12 nitrogen and oxygen atoms in total. The molecule has 2 saturated carbocycles. The molecule has 0 bridgehead atoms. The number of ether oxygens (including phenoxy) is 1. The second-order valence-electron chi connectivity index (χ2n) is 14.9. The van der Waals surface area contributed by atoms with Gasteiger partial charge in [-0.1, -0.05) is 41.9 Å². The molecule has 3 fully saturated rings. The standard InChI is InChI=1S/C40H45ClN8O4/c1-48-34(18-24-8-9-24)30(20-44-48)37-32(41)21-43-40(47-37)45-28-16-14-27(15-17-28)42-19-25-10-12-26(13-11-25)23-53-35-6-2-4-29-31(35)22-49(39(29)52)33-5-3-7-36(50)46-38(33)51/h2,4,6,10-13,20-21,24,27-28,33,42H,3,5,7-9,14-19,22-23H2,1H3,(H,43,45,47)(H,46,50,51)/t27-,28-,33-/m0/s1. The molecule has 53 heavy (non-hydrogen) atoms. The number of hydrogen-bond donors (Lipinski definition) is 3. The van der Waals surface area contributed by atoms with Gasteiger partial charge in [0.15, 0.2) is 0 Å². The van der Waals surface area contributed by atoms with E-state index in [4.69, 9.17) is 21.3 Å². The van der Waals surface area contributed by atoms with Crippen LogP contribution in [0, 0.1) is 5.92 Å². The van der Waals surface area contributed by atoms with E-state index in [9.17, 15) is 14.4 Å². The molecule has 4 aromatic rings. The predicted molar refractivity (Wildman–Crippen MR) is 200 cm³/mol. The molecule has 13 heteroatoms. The summed E-state index contributed by atoms with van der Waals surface area (Å²) in [5.41, 5.74) is 6.47. The monoisotopic (exact) mass is 736 g/mol. The van der Waals surface area contributed by atoms with Crippen LogP contribution in [0.2, 0.25) is 5.02 Å². The van der Waals surface area contributed by atoms with Crippen LogP contribution in [0.15, 0.2) is 54.9 Å². The van der Waals surface area contributed by atoms with Crippen LogP contribution < -0.4 is 20.7 Å². The summed E-state index contributed by atoms with van der Waals surface area (Å²) in [7, 11) is 1.98. The van der Waals surface area contributed by atoms with Crippen molar-refractivity contribution in [2.24, 2.45) is 13.0 Å². The Labute approximate surface area is 314 Å². The smallest absolute Gasteiger partial charge is 0.255 e. The van der Waals surface area contributed by atoms with Crippen molar-refractivity contribution in [2.45, 2.75) is 102 Å². The zero-order chi connectivity index (χ0) is 36.5. The fourth-order valence-corrected chi connectivity index (χ4v) is 8.00. The number of amides is 3. The Balaban J connectivity index is 0.802. The molecule has 8 rings (SSSR count). The quantitative estimate of drug-likeness (QED) is 0.156. The largest absolute Gasteiger partial charge is 0.489 e. The molecule has 0 unspecified atom stereocenters. The second-order valence-corrected chi connectivity index (χ2v) is 15.3. The van der Waals surface area contributed by atoms with E-state index in [0.717, 1.165) is 67.0 Å². The number of imide groups is 1. The maximum atomic E-state index is 13.3. The molecule has 0 radical (unpaired) electrons. The number of aromatic nitrogens is 4. The summed E-state index contributed by atoms with van der Waals surface area (Å²) in [4.78, 5) is 48.6. The minimum absolute atomic E-state index is 0.204. The number of fused-ring (bicyclic) bond motifs is 1. The summed E-state index contributed by atoms with van der Waals surface area (Å²) >= 11 is 6.59. The molecule has 2 aliphatic heterocycles. The third-order valence-electron chi connectivity index (χ3n) is 11.1. The van der Waals surface area contributed by atoms with Crippen molar-refractivity contribution in [2.75, 3.05) is 5.32 Å². The van der Waals surface area contributed by atoms with Gasteiger partial charge in [-0.25, -0.2) is 9.97 Å². The Morgan fingerprint density at radius 3 is 2.49 bits per heavy atom. The maximum absolute atomic E-state index is 13.3. The van der Waals surface area contributed by atoms with Crippen LogP contribution in [0.4, 0.5) is 5.95 Å². The van der Waals surface area contributed by atoms with E-state index in [0.29, 0.717) is 53.8 Å². The maximum Gasteiger partial charge on any atom is 0.255 e. The highest BCUT2D eigenvalue weighted by Crippen LogP contribution is 2.37. The average Bonchev–Trinajstić information content (AvgIpc) is 3.87. The van der Waals surface area contributed by atoms with E-state index >= 15 is 0 Å². The molecular formula is C40H45ClN8O4. The van der Waals surface area contributed by atoms with E-state index in [-0.39, 0.29) is 24.8 Å². The first kappa shape index (κ1) is 35.2. The highest BCUT2D eigenvalue weighted by Gasteiger charge is 2.39. The van der Waals surface area contributed by atoms with Gasteiger partial charge in [0.05, 0.1) is 29.7 Å². The topological polar surface area (TPSA) is 143 Å². The molecule has 0 spiro atoms. The zero-order valence-corrected chi connectivity index (χ0v) is 30.7. The van der Waals surface area contributed by atoms with Gasteiger partial charge in [-0.15, -0.1) is 0 Å². The van der Waals surface area contributed by atoms with Crippen molar-refractivity contribution in [1.29, 1.82) is 0 Å². The average molecular weight is 737 g/mol. The van der Waals surface area contributed by atoms with Crippen LogP contribution in [0.5, 0.6) is 5.75 Å². The van der Waals surface area contributed by atoms with E-state index in [2.05, 4.69) is 50.3 Å². The number of carbonyl (C=O) groups excluding carboxylic acids is 3. The molecule has 276 valence electrons. The van der Waals surface area contributed by atoms with Gasteiger partial charge in [-0.3, -0.25) is 24.4 Å². The van der Waals surface area contributed by atoms with Crippen molar-refractivity contribution in [3.63, 3.8) is 0 Å². The lowest BCUT2D eigenvalue weighted by Gasteiger charge is -2.30. The molecule has 4 heterocycles. The Bertz CT molecular complexity index is 2000. The number of aryl methyl sites for hydroxylation is 1. The van der Waals surface area contributed by atoms with Crippen molar-refractivity contribution < 1.29 is 19.1 Å². The summed E-state index contributed by atoms with van der Waals surface area (Å²) in [5.74, 6) is 1.07. The number of hydrogen-bond acceptors (Lipinski definition) is 9. The van der Waals surface area contributed by atoms with Gasteiger partial charge in [-0.2, -0.15) is 5.10 Å². The molecule has 2 aromatic carbocycles. The zero-order valence-electron chi connectivity index (χ0n) is 29.9. The number of halogens is 1. The normalized spacial score (nSPS) is 21.7. The summed E-state index contributed by atoms with van der Waals surface area (Å²) < 4.78 is 8.16. The number of nitrogens with one attached hydrogen (secondary N) is 3. The van der Waals surface area contributed by atoms with Crippen molar-refractivity contribution in [3.8, 4) is 17.0 Å². The number of benzene rings is 2. The number of nitrogens with zero attached hydrogens (tertiary/aromatic N) is 5. The first-order chi connectivity index (χ1) is 25.8. The fraction of sp³-hybridized carbons (Fsp3) is 0.450. The molecular weight excluding hydrogens is 692 g/mol. The minimum atomic E-state index is -0.664. The molecule has 1 atom stereocenters. The van der Waals surface area contributed by atoms with Gasteiger partial charge in [-0.05, 0) is 87.0 Å². The van der Waals surface area contributed by atoms with Crippen molar-refractivity contribution in [1.82, 2.24) is 35.3 Å². The first-order valence-electron chi connectivity index (χ1n) is 18.8. The summed E-state index contributed by atoms with van der Waals surface area (Å²) in [5, 5.41) is 14.8. The Kier molecular flexibility index (Phi) is 10.2. The van der Waals surface area contributed by atoms with Gasteiger partial charge >= 0.3 is 0 Å². The highest BCUT2D eigenvalue weighted by molar-refractivity contribution is 6.33. The highest BCUT2D eigenvalue weighted by atomic mass is 35.5. The summed E-state index contributed by atoms with van der Waals surface area (Å²) in [6.45, 7) is 1.42. The van der Waals surface area contributed by atoms with Crippen molar-refractivity contribution in [3.05, 3.63) is 87.8 Å². The van der Waals surface area contributed by atoms with Crippen LogP contribution in [-0.4, -0.2) is 60.5 Å². The van der Waals surface area contributed by atoms with Crippen LogP contribution in [0.1, 0.15) is 90.5 Å². The molecule has 1 saturated heterocycles. The number of carbonyl (C=O) groups is 3. The van der Waals surface area contributed by atoms with E-state index < -0.39 is 11.9 Å². The van der Waals surface area contributed by atoms with Crippen LogP contribution >= 0.6 is 11.6 Å². The Morgan fingerprint density at radius 1 is 0.925 bits per heavy atom. The van der Waals surface area contributed by atoms with E-state index in [1.54, 1.807) is 23.2 Å². The van der Waals surface area contributed by atoms with Gasteiger partial charge in [0.25, 0.3) is 5.91 Å². The predicted octanol–water partition coefficient (Wildman–Crippen LogP) is 5.73. The van der Waals surface area contributed by atoms with E-state index in [1.165, 1.54) is 24.1 Å². The van der Waals surface area contributed by atoms with E-state index in [1.807, 2.05) is 24.0 Å². The third-order valence-corrected chi connectivity index (χ3v) is 11.4. The molecule has 2 aliphatic carbocycles. The van der Waals surface area contributed by atoms with Gasteiger partial charge < -0.3 is 20.3 Å². The summed E-state index contributed by atoms with van der Waals surface area (Å²) in [6.07, 6.45) is 12.6. The lowest BCUT2D eigenvalue weighted by atomic mass is 9.91. The lowest BCUT2D eigenvalue weighted by molar-refractivity contribution is -0.132. The molecule has 3 N–H and O–H groups in total. The number of rotatable bonds is 12. The molecule has 3 amide bonds. The molecule has 4 aliphatic rings. The van der Waals surface area contributed by atoms with Gasteiger partial charge in [0.1, 0.15) is 18.4 Å². The van der Waals surface area contributed by atoms with Crippen molar-refractivity contribution >= 4 is 35.3 Å². The third kappa shape index (κ3) is 7.94.